The molecule has 36 heavy (non-hydrogen) atoms. The fourth-order valence-electron chi connectivity index (χ4n) is 3.25. The van der Waals surface area contributed by atoms with Gasteiger partial charge in [-0.15, -0.1) is 0 Å². The molecule has 0 spiro atoms. The van der Waals surface area contributed by atoms with Gasteiger partial charge in [0.2, 0.25) is 5.91 Å². The molecule has 0 bridgehead atoms. The van der Waals surface area contributed by atoms with Crippen LogP contribution in [0.1, 0.15) is 16.7 Å². The lowest BCUT2D eigenvalue weighted by Gasteiger charge is -2.25. The maximum absolute atomic E-state index is 13.4. The highest BCUT2D eigenvalue weighted by molar-refractivity contribution is 7.98. The summed E-state index contributed by atoms with van der Waals surface area (Å²) in [5, 5.41) is 2.07. The van der Waals surface area contributed by atoms with Gasteiger partial charge in [-0.1, -0.05) is 59.6 Å². The van der Waals surface area contributed by atoms with Gasteiger partial charge in [-0.25, -0.2) is 8.42 Å². The predicted molar refractivity (Wildman–Crippen MR) is 138 cm³/mol. The van der Waals surface area contributed by atoms with Crippen molar-refractivity contribution in [3.63, 3.8) is 0 Å². The van der Waals surface area contributed by atoms with Crippen molar-refractivity contribution in [1.29, 1.82) is 0 Å². The predicted octanol–water partition coefficient (Wildman–Crippen LogP) is 5.91. The Kier molecular flexibility index (Phi) is 9.32. The van der Waals surface area contributed by atoms with Crippen molar-refractivity contribution >= 4 is 45.0 Å². The summed E-state index contributed by atoms with van der Waals surface area (Å²) in [7, 11) is -4.36. The van der Waals surface area contributed by atoms with Crippen LogP contribution in [0.15, 0.2) is 77.7 Å². The van der Waals surface area contributed by atoms with Gasteiger partial charge >= 0.3 is 6.18 Å². The van der Waals surface area contributed by atoms with E-state index in [-0.39, 0.29) is 17.1 Å². The van der Waals surface area contributed by atoms with Crippen molar-refractivity contribution in [2.75, 3.05) is 23.1 Å². The minimum atomic E-state index is -4.80. The minimum absolute atomic E-state index is 0.150. The Morgan fingerprint density at radius 3 is 2.33 bits per heavy atom. The third-order valence-corrected chi connectivity index (χ3v) is 8.27. The molecule has 0 radical (unpaired) electrons. The van der Waals surface area contributed by atoms with E-state index in [0.29, 0.717) is 16.1 Å². The molecular formula is C25H24ClF3N2O3S2. The van der Waals surface area contributed by atoms with Crippen LogP contribution >= 0.6 is 23.4 Å². The highest BCUT2D eigenvalue weighted by Crippen LogP contribution is 2.38. The molecule has 5 nitrogen and oxygen atoms in total. The van der Waals surface area contributed by atoms with Crippen molar-refractivity contribution < 1.29 is 26.4 Å². The van der Waals surface area contributed by atoms with Crippen LogP contribution in [-0.2, 0) is 26.7 Å². The number of nitrogens with one attached hydrogen (secondary N) is 1. The number of anilines is 1. The molecule has 0 heterocycles. The molecule has 0 saturated heterocycles. The van der Waals surface area contributed by atoms with Gasteiger partial charge in [0.15, 0.2) is 0 Å². The van der Waals surface area contributed by atoms with Gasteiger partial charge in [0.1, 0.15) is 6.54 Å². The van der Waals surface area contributed by atoms with Crippen molar-refractivity contribution in [3.8, 4) is 0 Å². The highest BCUT2D eigenvalue weighted by atomic mass is 35.5. The number of halogens is 4. The number of rotatable bonds is 10. The Balaban J connectivity index is 1.78. The van der Waals surface area contributed by atoms with Gasteiger partial charge in [-0.3, -0.25) is 9.10 Å². The fraction of sp³-hybridized carbons (Fsp3) is 0.240. The lowest BCUT2D eigenvalue weighted by Crippen LogP contribution is -2.41. The Morgan fingerprint density at radius 2 is 1.69 bits per heavy atom. The van der Waals surface area contributed by atoms with Crippen LogP contribution < -0.4 is 9.62 Å². The molecule has 1 amide bonds. The third kappa shape index (κ3) is 7.41. The first-order valence-electron chi connectivity index (χ1n) is 10.8. The van der Waals surface area contributed by atoms with Crippen LogP contribution in [0.5, 0.6) is 0 Å². The fourth-order valence-corrected chi connectivity index (χ4v) is 5.71. The topological polar surface area (TPSA) is 66.5 Å². The molecule has 0 aliphatic carbocycles. The molecule has 3 aromatic carbocycles. The number of aryl methyl sites for hydroxylation is 1. The minimum Gasteiger partial charge on any atom is -0.354 e. The normalized spacial score (nSPS) is 11.8. The van der Waals surface area contributed by atoms with Crippen LogP contribution in [-0.4, -0.2) is 33.2 Å². The van der Waals surface area contributed by atoms with Gasteiger partial charge < -0.3 is 5.32 Å². The molecule has 0 aliphatic heterocycles. The van der Waals surface area contributed by atoms with Crippen LogP contribution in [0.3, 0.4) is 0 Å². The van der Waals surface area contributed by atoms with Gasteiger partial charge in [0.05, 0.1) is 21.2 Å². The molecule has 0 aliphatic rings. The number of carbonyl (C=O) groups excluding carboxylic acids is 1. The Hall–Kier alpha value is -2.69. The molecule has 3 rings (SSSR count). The molecule has 0 aromatic heterocycles. The van der Waals surface area contributed by atoms with Crippen LogP contribution in [0.2, 0.25) is 5.02 Å². The smallest absolute Gasteiger partial charge is 0.354 e. The van der Waals surface area contributed by atoms with E-state index in [1.165, 1.54) is 12.1 Å². The number of carbonyl (C=O) groups is 1. The summed E-state index contributed by atoms with van der Waals surface area (Å²) in [6.07, 6.45) is -4.80. The van der Waals surface area contributed by atoms with Gasteiger partial charge in [-0.05, 0) is 42.8 Å². The van der Waals surface area contributed by atoms with E-state index in [4.69, 9.17) is 11.6 Å². The largest absolute Gasteiger partial charge is 0.417 e. The molecule has 0 fully saturated rings. The molecule has 192 valence electrons. The van der Waals surface area contributed by atoms with Crippen LogP contribution in [0.4, 0.5) is 18.9 Å². The van der Waals surface area contributed by atoms with E-state index >= 15 is 0 Å². The summed E-state index contributed by atoms with van der Waals surface area (Å²) < 4.78 is 67.8. The van der Waals surface area contributed by atoms with Crippen LogP contribution in [0.25, 0.3) is 0 Å². The maximum atomic E-state index is 13.4. The lowest BCUT2D eigenvalue weighted by molar-refractivity contribution is -0.137. The number of benzene rings is 3. The lowest BCUT2D eigenvalue weighted by atomic mass is 10.2. The Labute approximate surface area is 217 Å². The first-order valence-corrected chi connectivity index (χ1v) is 13.8. The zero-order valence-corrected chi connectivity index (χ0v) is 21.6. The molecule has 1 N–H and O–H groups in total. The quantitative estimate of drug-likeness (QED) is 0.315. The van der Waals surface area contributed by atoms with E-state index in [1.54, 1.807) is 30.8 Å². The summed E-state index contributed by atoms with van der Waals surface area (Å²) >= 11 is 7.30. The number of nitrogens with zero attached hydrogens (tertiary/aromatic N) is 1. The molecule has 3 aromatic rings. The van der Waals surface area contributed by atoms with Crippen molar-refractivity contribution in [1.82, 2.24) is 5.32 Å². The third-order valence-electron chi connectivity index (χ3n) is 5.12. The standard InChI is InChI=1S/C25H24ClF3N2O3S2/c1-18-7-10-21(11-8-18)36(33,34)31(20-9-12-23(26)22(15-20)25(27,28)29)16-24(32)30-13-14-35-17-19-5-3-2-4-6-19/h2-12,15H,13-14,16-17H2,1H3,(H,30,32). The number of hydrogen-bond donors (Lipinski definition) is 1. The number of alkyl halides is 3. The zero-order valence-electron chi connectivity index (χ0n) is 19.3. The number of thioether (sulfide) groups is 1. The average Bonchev–Trinajstić information content (AvgIpc) is 2.83. The summed E-state index contributed by atoms with van der Waals surface area (Å²) in [6, 6.07) is 18.3. The summed E-state index contributed by atoms with van der Waals surface area (Å²) in [5.74, 6) is 0.676. The molecule has 0 unspecified atom stereocenters. The second-order valence-electron chi connectivity index (χ2n) is 7.87. The highest BCUT2D eigenvalue weighted by Gasteiger charge is 2.35. The molecule has 0 saturated carbocycles. The van der Waals surface area contributed by atoms with Gasteiger partial charge in [0, 0.05) is 18.1 Å². The average molecular weight is 557 g/mol. The zero-order chi connectivity index (χ0) is 26.3. The first-order chi connectivity index (χ1) is 17.0. The summed E-state index contributed by atoms with van der Waals surface area (Å²) in [6.45, 7) is 1.34. The summed E-state index contributed by atoms with van der Waals surface area (Å²) in [4.78, 5) is 12.5. The van der Waals surface area contributed by atoms with Gasteiger partial charge in [0.25, 0.3) is 10.0 Å². The molecular weight excluding hydrogens is 533 g/mol. The summed E-state index contributed by atoms with van der Waals surface area (Å²) in [5.41, 5.74) is 0.425. The first kappa shape index (κ1) is 27.9. The van der Waals surface area contributed by atoms with E-state index in [1.807, 2.05) is 30.3 Å². The number of hydrogen-bond acceptors (Lipinski definition) is 4. The van der Waals surface area contributed by atoms with E-state index in [9.17, 15) is 26.4 Å². The SMILES string of the molecule is Cc1ccc(S(=O)(=O)N(CC(=O)NCCSCc2ccccc2)c2ccc(Cl)c(C(F)(F)F)c2)cc1. The Morgan fingerprint density at radius 1 is 1.03 bits per heavy atom. The van der Waals surface area contributed by atoms with Crippen molar-refractivity contribution in [2.24, 2.45) is 0 Å². The van der Waals surface area contributed by atoms with E-state index < -0.39 is 39.2 Å². The second-order valence-corrected chi connectivity index (χ2v) is 11.2. The van der Waals surface area contributed by atoms with Crippen molar-refractivity contribution in [2.45, 2.75) is 23.7 Å². The second kappa shape index (κ2) is 12.0. The Bertz CT molecular complexity index is 1290. The van der Waals surface area contributed by atoms with E-state index in [0.717, 1.165) is 29.0 Å². The molecule has 0 atom stereocenters. The number of sulfonamides is 1. The molecule has 11 heteroatoms. The monoisotopic (exact) mass is 556 g/mol. The van der Waals surface area contributed by atoms with E-state index in [2.05, 4.69) is 5.32 Å². The van der Waals surface area contributed by atoms with Gasteiger partial charge in [-0.2, -0.15) is 24.9 Å². The number of amides is 1. The maximum Gasteiger partial charge on any atom is 0.417 e. The van der Waals surface area contributed by atoms with Crippen molar-refractivity contribution in [3.05, 3.63) is 94.5 Å². The van der Waals surface area contributed by atoms with Crippen LogP contribution in [0, 0.1) is 6.92 Å².